The lowest BCUT2D eigenvalue weighted by Gasteiger charge is -2.16. The summed E-state index contributed by atoms with van der Waals surface area (Å²) in [4.78, 5) is 3.21. The van der Waals surface area contributed by atoms with E-state index in [9.17, 15) is 26.3 Å². The van der Waals surface area contributed by atoms with Gasteiger partial charge in [0.1, 0.15) is 5.69 Å². The first-order valence-corrected chi connectivity index (χ1v) is 7.71. The number of fused-ring (bicyclic) bond motifs is 1. The SMILES string of the molecule is CC(O)CNCCNc1cc(C(F)(F)F)nc2c(C(F)(F)F)cccc12. The van der Waals surface area contributed by atoms with Gasteiger partial charge in [0.05, 0.1) is 17.2 Å². The number of halogens is 6. The first-order valence-electron chi connectivity index (χ1n) is 7.71. The second kappa shape index (κ2) is 7.67. The van der Waals surface area contributed by atoms with Crippen LogP contribution >= 0.6 is 0 Å². The third kappa shape index (κ3) is 4.98. The lowest BCUT2D eigenvalue weighted by atomic mass is 10.1. The van der Waals surface area contributed by atoms with Crippen LogP contribution in [-0.4, -0.2) is 35.8 Å². The molecule has 1 atom stereocenters. The van der Waals surface area contributed by atoms with Crippen molar-refractivity contribution in [3.8, 4) is 0 Å². The molecule has 2 aromatic rings. The number of aliphatic hydroxyl groups excluding tert-OH is 1. The Hall–Kier alpha value is -2.07. The quantitative estimate of drug-likeness (QED) is 0.528. The summed E-state index contributed by atoms with van der Waals surface area (Å²) in [6.07, 6.45) is -10.3. The highest BCUT2D eigenvalue weighted by atomic mass is 19.4. The lowest BCUT2D eigenvalue weighted by molar-refractivity contribution is -0.142. The zero-order valence-electron chi connectivity index (χ0n) is 13.7. The normalized spacial score (nSPS) is 13.8. The number of aromatic nitrogens is 1. The molecule has 1 aromatic carbocycles. The molecular weight excluding hydrogens is 364 g/mol. The summed E-state index contributed by atoms with van der Waals surface area (Å²) >= 11 is 0. The molecule has 0 radical (unpaired) electrons. The maximum atomic E-state index is 13.1. The Bertz CT molecular complexity index is 758. The molecule has 2 rings (SSSR count). The van der Waals surface area contributed by atoms with E-state index in [1.165, 1.54) is 6.07 Å². The standard InChI is InChI=1S/C16H17F6N3O/c1-9(26)8-23-5-6-24-12-7-13(16(20,21)22)25-14-10(12)3-2-4-11(14)15(17,18)19/h2-4,7,9,23,26H,5-6,8H2,1H3,(H,24,25). The average Bonchev–Trinajstić information content (AvgIpc) is 2.51. The van der Waals surface area contributed by atoms with Crippen molar-refractivity contribution in [3.05, 3.63) is 35.5 Å². The Morgan fingerprint density at radius 3 is 2.35 bits per heavy atom. The van der Waals surface area contributed by atoms with Gasteiger partial charge < -0.3 is 15.7 Å². The summed E-state index contributed by atoms with van der Waals surface area (Å²) in [6.45, 7) is 2.30. The van der Waals surface area contributed by atoms with Crippen molar-refractivity contribution in [2.24, 2.45) is 0 Å². The van der Waals surface area contributed by atoms with Gasteiger partial charge in [0.25, 0.3) is 0 Å². The molecule has 4 nitrogen and oxygen atoms in total. The van der Waals surface area contributed by atoms with Crippen molar-refractivity contribution < 1.29 is 31.4 Å². The summed E-state index contributed by atoms with van der Waals surface area (Å²) in [5, 5.41) is 14.6. The Balaban J connectivity index is 2.41. The van der Waals surface area contributed by atoms with E-state index in [1.807, 2.05) is 0 Å². The summed E-state index contributed by atoms with van der Waals surface area (Å²) in [5.74, 6) is 0. The molecule has 26 heavy (non-hydrogen) atoms. The highest BCUT2D eigenvalue weighted by molar-refractivity contribution is 5.93. The number of hydrogen-bond donors (Lipinski definition) is 3. The summed E-state index contributed by atoms with van der Waals surface area (Å²) in [5.41, 5.74) is -3.47. The van der Waals surface area contributed by atoms with Crippen LogP contribution in [0.25, 0.3) is 10.9 Å². The van der Waals surface area contributed by atoms with E-state index in [0.717, 1.165) is 6.07 Å². The molecule has 3 N–H and O–H groups in total. The predicted molar refractivity (Wildman–Crippen MR) is 84.8 cm³/mol. The van der Waals surface area contributed by atoms with Gasteiger partial charge in [-0.15, -0.1) is 0 Å². The number of pyridine rings is 1. The smallest absolute Gasteiger partial charge is 0.392 e. The maximum absolute atomic E-state index is 13.1. The molecule has 0 aliphatic carbocycles. The Morgan fingerprint density at radius 2 is 1.77 bits per heavy atom. The molecular formula is C16H17F6N3O. The molecule has 10 heteroatoms. The van der Waals surface area contributed by atoms with Crippen LogP contribution in [0.3, 0.4) is 0 Å². The fourth-order valence-electron chi connectivity index (χ4n) is 2.37. The van der Waals surface area contributed by atoms with Gasteiger partial charge in [-0.25, -0.2) is 4.98 Å². The molecule has 0 bridgehead atoms. The van der Waals surface area contributed by atoms with Crippen molar-refractivity contribution in [2.45, 2.75) is 25.4 Å². The maximum Gasteiger partial charge on any atom is 0.433 e. The van der Waals surface area contributed by atoms with Crippen molar-refractivity contribution in [1.82, 2.24) is 10.3 Å². The topological polar surface area (TPSA) is 57.2 Å². The Labute approximate surface area is 145 Å². The Kier molecular flexibility index (Phi) is 5.97. The highest BCUT2D eigenvalue weighted by Gasteiger charge is 2.37. The number of hydrogen-bond acceptors (Lipinski definition) is 4. The first kappa shape index (κ1) is 20.2. The minimum atomic E-state index is -4.88. The highest BCUT2D eigenvalue weighted by Crippen LogP contribution is 2.38. The summed E-state index contributed by atoms with van der Waals surface area (Å²) in [6, 6.07) is 3.79. The van der Waals surface area contributed by atoms with E-state index in [-0.39, 0.29) is 24.2 Å². The van der Waals surface area contributed by atoms with E-state index in [2.05, 4.69) is 15.6 Å². The average molecular weight is 381 g/mol. The Morgan fingerprint density at radius 1 is 1.08 bits per heavy atom. The third-order valence-corrected chi connectivity index (χ3v) is 3.49. The predicted octanol–water partition coefficient (Wildman–Crippen LogP) is 3.65. The van der Waals surface area contributed by atoms with Crippen LogP contribution < -0.4 is 10.6 Å². The van der Waals surface area contributed by atoms with E-state index >= 15 is 0 Å². The van der Waals surface area contributed by atoms with Crippen LogP contribution in [0.1, 0.15) is 18.2 Å². The number of anilines is 1. The van der Waals surface area contributed by atoms with Crippen LogP contribution in [0.2, 0.25) is 0 Å². The summed E-state index contributed by atoms with van der Waals surface area (Å²) < 4.78 is 78.5. The zero-order valence-corrected chi connectivity index (χ0v) is 13.7. The largest absolute Gasteiger partial charge is 0.433 e. The van der Waals surface area contributed by atoms with Crippen LogP contribution in [0.15, 0.2) is 24.3 Å². The molecule has 0 amide bonds. The van der Waals surface area contributed by atoms with Crippen molar-refractivity contribution in [3.63, 3.8) is 0 Å². The monoisotopic (exact) mass is 381 g/mol. The molecule has 0 saturated carbocycles. The van der Waals surface area contributed by atoms with Gasteiger partial charge in [0.15, 0.2) is 0 Å². The van der Waals surface area contributed by atoms with Crippen LogP contribution in [0, 0.1) is 0 Å². The van der Waals surface area contributed by atoms with Crippen LogP contribution in [0.5, 0.6) is 0 Å². The van der Waals surface area contributed by atoms with Crippen LogP contribution in [0.4, 0.5) is 32.0 Å². The molecule has 1 heterocycles. The number of para-hydroxylation sites is 1. The number of nitrogens with one attached hydrogen (secondary N) is 2. The lowest BCUT2D eigenvalue weighted by Crippen LogP contribution is -2.29. The van der Waals surface area contributed by atoms with Gasteiger partial charge in [-0.05, 0) is 19.1 Å². The van der Waals surface area contributed by atoms with E-state index in [4.69, 9.17) is 5.11 Å². The fourth-order valence-corrected chi connectivity index (χ4v) is 2.37. The minimum Gasteiger partial charge on any atom is -0.392 e. The van der Waals surface area contributed by atoms with Gasteiger partial charge in [-0.3, -0.25) is 0 Å². The molecule has 0 saturated heterocycles. The molecule has 0 aliphatic heterocycles. The van der Waals surface area contributed by atoms with Crippen LogP contribution in [-0.2, 0) is 12.4 Å². The van der Waals surface area contributed by atoms with Crippen molar-refractivity contribution in [2.75, 3.05) is 25.0 Å². The zero-order chi connectivity index (χ0) is 19.5. The number of alkyl halides is 6. The number of rotatable bonds is 6. The molecule has 0 spiro atoms. The second-order valence-corrected chi connectivity index (χ2v) is 5.73. The minimum absolute atomic E-state index is 0.0525. The number of benzene rings is 1. The van der Waals surface area contributed by atoms with Gasteiger partial charge in [0.2, 0.25) is 0 Å². The van der Waals surface area contributed by atoms with Crippen molar-refractivity contribution >= 4 is 16.6 Å². The second-order valence-electron chi connectivity index (χ2n) is 5.73. The third-order valence-electron chi connectivity index (χ3n) is 3.49. The van der Waals surface area contributed by atoms with Crippen molar-refractivity contribution in [1.29, 1.82) is 0 Å². The fraction of sp³-hybridized carbons (Fsp3) is 0.438. The summed E-state index contributed by atoms with van der Waals surface area (Å²) in [7, 11) is 0. The number of nitrogens with zero attached hydrogens (tertiary/aromatic N) is 1. The van der Waals surface area contributed by atoms with Gasteiger partial charge in [0, 0.05) is 30.7 Å². The van der Waals surface area contributed by atoms with Gasteiger partial charge in [-0.1, -0.05) is 12.1 Å². The van der Waals surface area contributed by atoms with E-state index in [1.54, 1.807) is 6.92 Å². The molecule has 1 unspecified atom stereocenters. The molecule has 0 fully saturated rings. The first-order chi connectivity index (χ1) is 12.0. The van der Waals surface area contributed by atoms with E-state index in [0.29, 0.717) is 18.7 Å². The van der Waals surface area contributed by atoms with Gasteiger partial charge in [-0.2, -0.15) is 26.3 Å². The molecule has 0 aliphatic rings. The number of aliphatic hydroxyl groups is 1. The molecule has 1 aromatic heterocycles. The molecule has 144 valence electrons. The van der Waals surface area contributed by atoms with Gasteiger partial charge >= 0.3 is 12.4 Å². The van der Waals surface area contributed by atoms with E-state index < -0.39 is 35.2 Å².